The van der Waals surface area contributed by atoms with Crippen LogP contribution in [-0.4, -0.2) is 11.6 Å². The van der Waals surface area contributed by atoms with Crippen molar-refractivity contribution in [2.75, 3.05) is 0 Å². The van der Waals surface area contributed by atoms with E-state index in [1.165, 1.54) is 38.5 Å². The van der Waals surface area contributed by atoms with Gasteiger partial charge in [-0.1, -0.05) is 0 Å². The first-order chi connectivity index (χ1) is 10.0. The molecule has 0 radical (unpaired) electrons. The van der Waals surface area contributed by atoms with Crippen LogP contribution >= 0.6 is 0 Å². The lowest BCUT2D eigenvalue weighted by molar-refractivity contribution is -0.190. The van der Waals surface area contributed by atoms with Crippen molar-refractivity contribution in [2.45, 2.75) is 76.7 Å². The monoisotopic (exact) mass is 288 g/mol. The van der Waals surface area contributed by atoms with Crippen molar-refractivity contribution < 1.29 is 9.53 Å². The Balaban J connectivity index is 1.37. The van der Waals surface area contributed by atoms with E-state index in [9.17, 15) is 4.79 Å². The van der Waals surface area contributed by atoms with Crippen molar-refractivity contribution in [3.05, 3.63) is 0 Å². The average Bonchev–Trinajstić information content (AvgIpc) is 2.96. The summed E-state index contributed by atoms with van der Waals surface area (Å²) in [7, 11) is 0. The summed E-state index contributed by atoms with van der Waals surface area (Å²) in [4.78, 5) is 13.1. The number of carbonyl (C=O) groups is 1. The minimum atomic E-state index is -0.122. The van der Waals surface area contributed by atoms with Crippen LogP contribution in [0, 0.1) is 35.0 Å². The Bertz CT molecular complexity index is 447. The van der Waals surface area contributed by atoms with E-state index in [-0.39, 0.29) is 17.0 Å². The Labute approximate surface area is 128 Å². The van der Waals surface area contributed by atoms with Crippen LogP contribution in [-0.2, 0) is 9.53 Å². The van der Waals surface area contributed by atoms with Crippen LogP contribution in [0.1, 0.15) is 71.1 Å². The minimum Gasteiger partial charge on any atom is -0.459 e. The summed E-state index contributed by atoms with van der Waals surface area (Å²) in [6.45, 7) is 2.23. The van der Waals surface area contributed by atoms with Crippen molar-refractivity contribution in [1.82, 2.24) is 0 Å². The SMILES string of the molecule is CC1(OC(=O)C23CC4CC(CC(C4)C2)C3)CC2CCC1C2. The highest BCUT2D eigenvalue weighted by Crippen LogP contribution is 2.61. The second kappa shape index (κ2) is 4.06. The highest BCUT2D eigenvalue weighted by atomic mass is 16.6. The van der Waals surface area contributed by atoms with Gasteiger partial charge in [-0.05, 0) is 101 Å². The Morgan fingerprint density at radius 1 is 0.857 bits per heavy atom. The molecule has 6 rings (SSSR count). The predicted molar refractivity (Wildman–Crippen MR) is 80.6 cm³/mol. The van der Waals surface area contributed by atoms with Crippen molar-refractivity contribution in [3.8, 4) is 0 Å². The molecule has 2 heteroatoms. The average molecular weight is 288 g/mol. The highest BCUT2D eigenvalue weighted by Gasteiger charge is 2.58. The van der Waals surface area contributed by atoms with Gasteiger partial charge in [0.15, 0.2) is 0 Å². The summed E-state index contributed by atoms with van der Waals surface area (Å²) in [5, 5.41) is 0. The van der Waals surface area contributed by atoms with E-state index in [1.807, 2.05) is 0 Å². The molecule has 6 bridgehead atoms. The summed E-state index contributed by atoms with van der Waals surface area (Å²) in [6, 6.07) is 0. The zero-order chi connectivity index (χ0) is 14.2. The summed E-state index contributed by atoms with van der Waals surface area (Å²) in [5.41, 5.74) is -0.192. The molecular weight excluding hydrogens is 260 g/mol. The van der Waals surface area contributed by atoms with Crippen LogP contribution in [0.3, 0.4) is 0 Å². The fourth-order valence-corrected chi connectivity index (χ4v) is 7.36. The lowest BCUT2D eigenvalue weighted by Crippen LogP contribution is -2.52. The van der Waals surface area contributed by atoms with E-state index in [0.29, 0.717) is 5.92 Å². The minimum absolute atomic E-state index is 0.0698. The van der Waals surface area contributed by atoms with Gasteiger partial charge in [-0.15, -0.1) is 0 Å². The molecule has 3 atom stereocenters. The van der Waals surface area contributed by atoms with Crippen LogP contribution in [0.15, 0.2) is 0 Å². The van der Waals surface area contributed by atoms with E-state index in [2.05, 4.69) is 6.92 Å². The van der Waals surface area contributed by atoms with Crippen LogP contribution < -0.4 is 0 Å². The van der Waals surface area contributed by atoms with E-state index in [1.54, 1.807) is 0 Å². The third-order valence-corrected chi connectivity index (χ3v) is 7.90. The van der Waals surface area contributed by atoms with Crippen LogP contribution in [0.5, 0.6) is 0 Å². The van der Waals surface area contributed by atoms with Gasteiger partial charge < -0.3 is 4.74 Å². The molecule has 0 amide bonds. The number of hydrogen-bond donors (Lipinski definition) is 0. The molecule has 0 N–H and O–H groups in total. The molecule has 0 aliphatic heterocycles. The maximum atomic E-state index is 13.1. The first-order valence-electron chi connectivity index (χ1n) is 9.28. The molecular formula is C19H28O2. The van der Waals surface area contributed by atoms with Gasteiger partial charge in [0.05, 0.1) is 5.41 Å². The summed E-state index contributed by atoms with van der Waals surface area (Å²) >= 11 is 0. The van der Waals surface area contributed by atoms with Crippen LogP contribution in [0.2, 0.25) is 0 Å². The van der Waals surface area contributed by atoms with Crippen molar-refractivity contribution in [3.63, 3.8) is 0 Å². The molecule has 0 aromatic heterocycles. The molecule has 0 spiro atoms. The van der Waals surface area contributed by atoms with Crippen molar-refractivity contribution >= 4 is 5.97 Å². The third kappa shape index (κ3) is 1.80. The van der Waals surface area contributed by atoms with Gasteiger partial charge in [0.1, 0.15) is 5.60 Å². The fourth-order valence-electron chi connectivity index (χ4n) is 7.36. The first-order valence-corrected chi connectivity index (χ1v) is 9.28. The predicted octanol–water partition coefficient (Wildman–Crippen LogP) is 4.32. The zero-order valence-corrected chi connectivity index (χ0v) is 13.3. The molecule has 3 unspecified atom stereocenters. The smallest absolute Gasteiger partial charge is 0.312 e. The van der Waals surface area contributed by atoms with Gasteiger partial charge in [-0.25, -0.2) is 0 Å². The topological polar surface area (TPSA) is 26.3 Å². The number of ether oxygens (including phenoxy) is 1. The molecule has 6 aliphatic carbocycles. The highest BCUT2D eigenvalue weighted by molar-refractivity contribution is 5.78. The normalized spacial score (nSPS) is 56.9. The molecule has 0 aromatic carbocycles. The second-order valence-corrected chi connectivity index (χ2v) is 9.48. The number of carbonyl (C=O) groups excluding carboxylic acids is 1. The summed E-state index contributed by atoms with van der Waals surface area (Å²) in [6.07, 6.45) is 12.7. The lowest BCUT2D eigenvalue weighted by Gasteiger charge is -2.55. The van der Waals surface area contributed by atoms with E-state index < -0.39 is 0 Å². The quantitative estimate of drug-likeness (QED) is 0.707. The molecule has 0 saturated heterocycles. The van der Waals surface area contributed by atoms with Gasteiger partial charge in [-0.3, -0.25) is 4.79 Å². The molecule has 21 heavy (non-hydrogen) atoms. The molecule has 6 fully saturated rings. The third-order valence-electron chi connectivity index (χ3n) is 7.90. The number of hydrogen-bond acceptors (Lipinski definition) is 2. The van der Waals surface area contributed by atoms with E-state index in [0.717, 1.165) is 49.4 Å². The van der Waals surface area contributed by atoms with Gasteiger partial charge >= 0.3 is 5.97 Å². The van der Waals surface area contributed by atoms with E-state index in [4.69, 9.17) is 4.74 Å². The fraction of sp³-hybridized carbons (Fsp3) is 0.947. The van der Waals surface area contributed by atoms with Crippen LogP contribution in [0.4, 0.5) is 0 Å². The molecule has 6 saturated carbocycles. The maximum Gasteiger partial charge on any atom is 0.312 e. The van der Waals surface area contributed by atoms with Gasteiger partial charge in [0.2, 0.25) is 0 Å². The van der Waals surface area contributed by atoms with Crippen molar-refractivity contribution in [1.29, 1.82) is 0 Å². The van der Waals surface area contributed by atoms with Crippen LogP contribution in [0.25, 0.3) is 0 Å². The second-order valence-electron chi connectivity index (χ2n) is 9.48. The van der Waals surface area contributed by atoms with Gasteiger partial charge in [0, 0.05) is 0 Å². The van der Waals surface area contributed by atoms with E-state index >= 15 is 0 Å². The number of esters is 1. The summed E-state index contributed by atoms with van der Waals surface area (Å²) < 4.78 is 6.28. The largest absolute Gasteiger partial charge is 0.459 e. The van der Waals surface area contributed by atoms with Gasteiger partial charge in [-0.2, -0.15) is 0 Å². The number of rotatable bonds is 2. The molecule has 0 heterocycles. The summed E-state index contributed by atoms with van der Waals surface area (Å²) in [5.74, 6) is 4.19. The first kappa shape index (κ1) is 13.0. The zero-order valence-electron chi connectivity index (χ0n) is 13.3. The van der Waals surface area contributed by atoms with Gasteiger partial charge in [0.25, 0.3) is 0 Å². The maximum absolute atomic E-state index is 13.1. The lowest BCUT2D eigenvalue weighted by atomic mass is 9.49. The Morgan fingerprint density at radius 3 is 1.95 bits per heavy atom. The molecule has 2 nitrogen and oxygen atoms in total. The Morgan fingerprint density at radius 2 is 1.48 bits per heavy atom. The Hall–Kier alpha value is -0.530. The molecule has 0 aromatic rings. The number of fused-ring (bicyclic) bond motifs is 2. The molecule has 6 aliphatic rings. The Kier molecular flexibility index (Phi) is 2.50. The standard InChI is InChI=1S/C19H28O2/c1-18(8-12-2-3-16(18)7-12)21-17(20)19-9-13-4-14(10-19)6-15(5-13)11-19/h12-16H,2-11H2,1H3. The van der Waals surface area contributed by atoms with Crippen molar-refractivity contribution in [2.24, 2.45) is 35.0 Å². The molecule has 116 valence electrons.